The van der Waals surface area contributed by atoms with Gasteiger partial charge in [0.15, 0.2) is 0 Å². The first-order chi connectivity index (χ1) is 12.0. The lowest BCUT2D eigenvalue weighted by Crippen LogP contribution is -2.19. The minimum Gasteiger partial charge on any atom is -0.489 e. The van der Waals surface area contributed by atoms with E-state index in [1.807, 2.05) is 0 Å². The summed E-state index contributed by atoms with van der Waals surface area (Å²) in [5, 5.41) is 3.90. The molecular weight excluding hydrogens is 387 g/mol. The van der Waals surface area contributed by atoms with Crippen LogP contribution in [0.15, 0.2) is 24.3 Å². The minimum absolute atomic E-state index is 0.0738. The highest BCUT2D eigenvalue weighted by Crippen LogP contribution is 2.31. The highest BCUT2D eigenvalue weighted by molar-refractivity contribution is 6.42. The Balaban J connectivity index is 1.77. The van der Waals surface area contributed by atoms with Crippen LogP contribution in [0.3, 0.4) is 0 Å². The largest absolute Gasteiger partial charge is 0.489 e. The maximum atomic E-state index is 12.6. The summed E-state index contributed by atoms with van der Waals surface area (Å²) in [5.41, 5.74) is 0.809. The van der Waals surface area contributed by atoms with Crippen molar-refractivity contribution in [1.29, 1.82) is 0 Å². The van der Waals surface area contributed by atoms with Crippen LogP contribution >= 0.6 is 34.8 Å². The second-order valence-electron chi connectivity index (χ2n) is 5.77. The SMILES string of the molecule is Cn1c(C(=O)Nc2cc(Cl)ccc2OC[C@H]2CCCO2)cc(Cl)c1Cl. The van der Waals surface area contributed by atoms with E-state index in [2.05, 4.69) is 5.32 Å². The molecule has 0 spiro atoms. The fourth-order valence-corrected chi connectivity index (χ4v) is 3.18. The Morgan fingerprint density at radius 2 is 2.16 bits per heavy atom. The van der Waals surface area contributed by atoms with E-state index in [1.54, 1.807) is 25.2 Å². The zero-order valence-electron chi connectivity index (χ0n) is 13.5. The van der Waals surface area contributed by atoms with Crippen molar-refractivity contribution in [2.45, 2.75) is 18.9 Å². The number of halogens is 3. The Hall–Kier alpha value is -1.40. The van der Waals surface area contributed by atoms with Crippen LogP contribution in [0.25, 0.3) is 0 Å². The van der Waals surface area contributed by atoms with E-state index >= 15 is 0 Å². The number of aromatic nitrogens is 1. The normalized spacial score (nSPS) is 16.9. The summed E-state index contributed by atoms with van der Waals surface area (Å²) in [6, 6.07) is 6.57. The Morgan fingerprint density at radius 3 is 2.80 bits per heavy atom. The lowest BCUT2D eigenvalue weighted by Gasteiger charge is -2.15. The molecule has 1 amide bonds. The van der Waals surface area contributed by atoms with Crippen molar-refractivity contribution in [1.82, 2.24) is 4.57 Å². The fraction of sp³-hybridized carbons (Fsp3) is 0.353. The Bertz CT molecular complexity index is 786. The topological polar surface area (TPSA) is 52.5 Å². The number of anilines is 1. The average Bonchev–Trinajstić information content (AvgIpc) is 3.18. The molecule has 0 saturated carbocycles. The molecule has 2 aromatic rings. The Labute approximate surface area is 160 Å². The van der Waals surface area contributed by atoms with Crippen molar-refractivity contribution in [2.75, 3.05) is 18.5 Å². The van der Waals surface area contributed by atoms with Crippen LogP contribution in [0, 0.1) is 0 Å². The van der Waals surface area contributed by atoms with E-state index in [0.29, 0.717) is 38.9 Å². The Kier molecular flexibility index (Phi) is 5.79. The van der Waals surface area contributed by atoms with E-state index in [0.717, 1.165) is 19.4 Å². The summed E-state index contributed by atoms with van der Waals surface area (Å²) >= 11 is 18.0. The number of rotatable bonds is 5. The third kappa shape index (κ3) is 4.23. The van der Waals surface area contributed by atoms with Crippen molar-refractivity contribution >= 4 is 46.4 Å². The third-order valence-electron chi connectivity index (χ3n) is 3.99. The zero-order chi connectivity index (χ0) is 18.0. The first-order valence-corrected chi connectivity index (χ1v) is 8.95. The number of nitrogens with one attached hydrogen (secondary N) is 1. The van der Waals surface area contributed by atoms with Crippen LogP contribution in [-0.2, 0) is 11.8 Å². The van der Waals surface area contributed by atoms with Crippen LogP contribution in [0.4, 0.5) is 5.69 Å². The molecule has 25 heavy (non-hydrogen) atoms. The van der Waals surface area contributed by atoms with Gasteiger partial charge in [0.2, 0.25) is 0 Å². The predicted octanol–water partition coefficient (Wildman–Crippen LogP) is 4.80. The number of carbonyl (C=O) groups excluding carboxylic acids is 1. The molecule has 0 unspecified atom stereocenters. The minimum atomic E-state index is -0.361. The highest BCUT2D eigenvalue weighted by Gasteiger charge is 2.19. The van der Waals surface area contributed by atoms with Gasteiger partial charge in [-0.05, 0) is 37.1 Å². The summed E-state index contributed by atoms with van der Waals surface area (Å²) in [4.78, 5) is 12.6. The van der Waals surface area contributed by atoms with Gasteiger partial charge in [-0.2, -0.15) is 0 Å². The number of carbonyl (C=O) groups is 1. The molecule has 5 nitrogen and oxygen atoms in total. The highest BCUT2D eigenvalue weighted by atomic mass is 35.5. The first kappa shape index (κ1) is 18.4. The van der Waals surface area contributed by atoms with Gasteiger partial charge in [0.1, 0.15) is 23.2 Å². The molecule has 1 aromatic heterocycles. The van der Waals surface area contributed by atoms with Gasteiger partial charge < -0.3 is 19.4 Å². The zero-order valence-corrected chi connectivity index (χ0v) is 15.8. The Morgan fingerprint density at radius 1 is 1.36 bits per heavy atom. The van der Waals surface area contributed by atoms with Crippen molar-refractivity contribution in [3.63, 3.8) is 0 Å². The van der Waals surface area contributed by atoms with E-state index < -0.39 is 0 Å². The summed E-state index contributed by atoms with van der Waals surface area (Å²) in [6.45, 7) is 1.18. The van der Waals surface area contributed by atoms with Crippen molar-refractivity contribution in [3.8, 4) is 5.75 Å². The molecule has 1 atom stereocenters. The van der Waals surface area contributed by atoms with Gasteiger partial charge >= 0.3 is 0 Å². The number of amides is 1. The second kappa shape index (κ2) is 7.87. The van der Waals surface area contributed by atoms with Crippen LogP contribution in [0.1, 0.15) is 23.3 Å². The van der Waals surface area contributed by atoms with Crippen LogP contribution in [0.5, 0.6) is 5.75 Å². The van der Waals surface area contributed by atoms with Gasteiger partial charge in [0, 0.05) is 18.7 Å². The molecule has 8 heteroatoms. The molecule has 0 radical (unpaired) electrons. The van der Waals surface area contributed by atoms with Gasteiger partial charge in [-0.1, -0.05) is 34.8 Å². The lowest BCUT2D eigenvalue weighted by molar-refractivity contribution is 0.0682. The van der Waals surface area contributed by atoms with Gasteiger partial charge in [-0.3, -0.25) is 4.79 Å². The molecule has 1 aliphatic rings. The maximum absolute atomic E-state index is 12.6. The molecular formula is C17H17Cl3N2O3. The molecule has 2 heterocycles. The molecule has 1 aliphatic heterocycles. The summed E-state index contributed by atoms with van der Waals surface area (Å²) in [5.74, 6) is 0.167. The molecule has 1 N–H and O–H groups in total. The number of benzene rings is 1. The second-order valence-corrected chi connectivity index (χ2v) is 6.97. The van der Waals surface area contributed by atoms with Crippen molar-refractivity contribution in [2.24, 2.45) is 7.05 Å². The fourth-order valence-electron chi connectivity index (χ4n) is 2.63. The average molecular weight is 404 g/mol. The van der Waals surface area contributed by atoms with Crippen molar-refractivity contribution < 1.29 is 14.3 Å². The number of nitrogens with zero attached hydrogens (tertiary/aromatic N) is 1. The molecule has 0 bridgehead atoms. The molecule has 0 aliphatic carbocycles. The number of hydrogen-bond donors (Lipinski definition) is 1. The maximum Gasteiger partial charge on any atom is 0.272 e. The predicted molar refractivity (Wildman–Crippen MR) is 99.3 cm³/mol. The number of ether oxygens (including phenoxy) is 2. The lowest BCUT2D eigenvalue weighted by atomic mass is 10.2. The summed E-state index contributed by atoms with van der Waals surface area (Å²) < 4.78 is 12.9. The molecule has 134 valence electrons. The van der Waals surface area contributed by atoms with E-state index in [1.165, 1.54) is 10.6 Å². The van der Waals surface area contributed by atoms with Gasteiger partial charge in [-0.25, -0.2) is 0 Å². The van der Waals surface area contributed by atoms with E-state index in [4.69, 9.17) is 44.3 Å². The summed E-state index contributed by atoms with van der Waals surface area (Å²) in [6.07, 6.45) is 2.08. The first-order valence-electron chi connectivity index (χ1n) is 7.81. The molecule has 3 rings (SSSR count). The standard InChI is InChI=1S/C17H17Cl3N2O3/c1-22-14(8-12(19)16(22)20)17(23)21-13-7-10(18)4-5-15(13)25-9-11-3-2-6-24-11/h4-5,7-8,11H,2-3,6,9H2,1H3,(H,21,23)/t11-/m1/s1. The monoisotopic (exact) mass is 402 g/mol. The van der Waals surface area contributed by atoms with E-state index in [9.17, 15) is 4.79 Å². The van der Waals surface area contributed by atoms with Crippen LogP contribution < -0.4 is 10.1 Å². The molecule has 1 fully saturated rings. The summed E-state index contributed by atoms with van der Waals surface area (Å²) in [7, 11) is 1.66. The van der Waals surface area contributed by atoms with Crippen LogP contribution in [0.2, 0.25) is 15.2 Å². The van der Waals surface area contributed by atoms with Crippen LogP contribution in [-0.4, -0.2) is 29.8 Å². The molecule has 1 saturated heterocycles. The smallest absolute Gasteiger partial charge is 0.272 e. The van der Waals surface area contributed by atoms with Gasteiger partial charge in [0.25, 0.3) is 5.91 Å². The quantitative estimate of drug-likeness (QED) is 0.780. The number of hydrogen-bond acceptors (Lipinski definition) is 3. The van der Waals surface area contributed by atoms with E-state index in [-0.39, 0.29) is 12.0 Å². The molecule has 1 aromatic carbocycles. The van der Waals surface area contributed by atoms with Gasteiger partial charge in [-0.15, -0.1) is 0 Å². The van der Waals surface area contributed by atoms with Gasteiger partial charge in [0.05, 0.1) is 16.8 Å². The van der Waals surface area contributed by atoms with Crippen molar-refractivity contribution in [3.05, 3.63) is 45.2 Å². The third-order valence-corrected chi connectivity index (χ3v) is 5.06.